The topological polar surface area (TPSA) is 53.2 Å². The molecule has 0 radical (unpaired) electrons. The quantitative estimate of drug-likeness (QED) is 0.488. The van der Waals surface area contributed by atoms with Gasteiger partial charge in [-0.15, -0.1) is 11.3 Å². The largest absolute Gasteiger partial charge is 0.198 e. The Morgan fingerprint density at radius 2 is 2.15 bits per heavy atom. The number of terminal acetylenes is 1. The molecule has 0 bridgehead atoms. The first-order valence-electron chi connectivity index (χ1n) is 4.32. The Hall–Kier alpha value is -1.35. The average Bonchev–Trinajstić information content (AvgIpc) is 2.88. The van der Waals surface area contributed by atoms with Crippen LogP contribution in [0.4, 0.5) is 0 Å². The van der Waals surface area contributed by atoms with Crippen LogP contribution >= 0.6 is 0 Å². The molecule has 0 aliphatic heterocycles. The molecule has 1 atom stereocenters. The van der Waals surface area contributed by atoms with Crippen LogP contribution in [-0.4, -0.2) is 5.54 Å². The van der Waals surface area contributed by atoms with E-state index in [-0.39, 0.29) is 5.92 Å². The summed E-state index contributed by atoms with van der Waals surface area (Å²) in [6.07, 6.45) is 6.71. The molecular formula is C10H12N2O. The summed E-state index contributed by atoms with van der Waals surface area (Å²) in [5.74, 6) is 2.33. The van der Waals surface area contributed by atoms with Crippen LogP contribution in [0.3, 0.4) is 0 Å². The number of hydrogen-bond acceptors (Lipinski definition) is 3. The highest BCUT2D eigenvalue weighted by molar-refractivity contribution is 5.34. The van der Waals surface area contributed by atoms with E-state index >= 15 is 0 Å². The molecule has 1 aliphatic rings. The number of nitriles is 1. The third-order valence-corrected chi connectivity index (χ3v) is 2.89. The van der Waals surface area contributed by atoms with Crippen LogP contribution in [0.15, 0.2) is 5.18 Å². The zero-order valence-corrected chi connectivity index (χ0v) is 7.87. The van der Waals surface area contributed by atoms with Gasteiger partial charge in [-0.1, -0.05) is 19.8 Å². The van der Waals surface area contributed by atoms with Gasteiger partial charge in [0.1, 0.15) is 0 Å². The maximum Gasteiger partial charge on any atom is 0.183 e. The Kier molecular flexibility index (Phi) is 2.14. The molecule has 0 aromatic carbocycles. The van der Waals surface area contributed by atoms with Gasteiger partial charge in [0.2, 0.25) is 0 Å². The molecule has 0 saturated heterocycles. The van der Waals surface area contributed by atoms with Crippen LogP contribution in [-0.2, 0) is 0 Å². The first-order chi connectivity index (χ1) is 6.08. The van der Waals surface area contributed by atoms with E-state index in [0.717, 1.165) is 0 Å². The van der Waals surface area contributed by atoms with Gasteiger partial charge in [0.25, 0.3) is 0 Å². The van der Waals surface area contributed by atoms with Crippen LogP contribution in [0, 0.1) is 39.9 Å². The van der Waals surface area contributed by atoms with E-state index in [4.69, 9.17) is 11.7 Å². The minimum absolute atomic E-state index is 0.0860. The van der Waals surface area contributed by atoms with Gasteiger partial charge in [-0.25, -0.2) is 0 Å². The van der Waals surface area contributed by atoms with Gasteiger partial charge < -0.3 is 0 Å². The lowest BCUT2D eigenvalue weighted by Crippen LogP contribution is -2.40. The van der Waals surface area contributed by atoms with Gasteiger partial charge in [-0.3, -0.25) is 0 Å². The summed E-state index contributed by atoms with van der Waals surface area (Å²) in [6, 6.07) is 2.14. The van der Waals surface area contributed by atoms with Gasteiger partial charge in [0.05, 0.1) is 11.5 Å². The van der Waals surface area contributed by atoms with Crippen molar-refractivity contribution in [3.63, 3.8) is 0 Å². The monoisotopic (exact) mass is 176 g/mol. The predicted molar refractivity (Wildman–Crippen MR) is 49.5 cm³/mol. The fourth-order valence-corrected chi connectivity index (χ4v) is 1.78. The Bertz CT molecular complexity index is 304. The van der Waals surface area contributed by atoms with Crippen molar-refractivity contribution in [1.82, 2.24) is 0 Å². The zero-order chi connectivity index (χ0) is 10.1. The van der Waals surface area contributed by atoms with Gasteiger partial charge >= 0.3 is 0 Å². The van der Waals surface area contributed by atoms with Crippen molar-refractivity contribution in [2.45, 2.75) is 32.2 Å². The molecule has 0 spiro atoms. The molecule has 0 aromatic rings. The van der Waals surface area contributed by atoms with Crippen molar-refractivity contribution >= 4 is 0 Å². The summed E-state index contributed by atoms with van der Waals surface area (Å²) < 4.78 is 0. The van der Waals surface area contributed by atoms with Crippen molar-refractivity contribution in [1.29, 1.82) is 5.26 Å². The van der Waals surface area contributed by atoms with Crippen LogP contribution in [0.1, 0.15) is 26.7 Å². The maximum absolute atomic E-state index is 10.8. The van der Waals surface area contributed by atoms with Crippen LogP contribution in [0.25, 0.3) is 0 Å². The molecule has 3 heteroatoms. The zero-order valence-electron chi connectivity index (χ0n) is 7.87. The molecule has 13 heavy (non-hydrogen) atoms. The minimum Gasteiger partial charge on any atom is -0.198 e. The van der Waals surface area contributed by atoms with E-state index in [0.29, 0.717) is 12.8 Å². The highest BCUT2D eigenvalue weighted by Gasteiger charge is 2.62. The smallest absolute Gasteiger partial charge is 0.183 e. The lowest BCUT2D eigenvalue weighted by molar-refractivity contribution is 0.299. The van der Waals surface area contributed by atoms with Gasteiger partial charge in [0.15, 0.2) is 5.54 Å². The Labute approximate surface area is 78.1 Å². The molecule has 68 valence electrons. The van der Waals surface area contributed by atoms with E-state index in [1.54, 1.807) is 0 Å². The maximum atomic E-state index is 10.8. The van der Waals surface area contributed by atoms with E-state index in [1.807, 2.05) is 13.8 Å². The van der Waals surface area contributed by atoms with E-state index in [9.17, 15) is 4.91 Å². The van der Waals surface area contributed by atoms with Crippen molar-refractivity contribution in [2.75, 3.05) is 0 Å². The summed E-state index contributed by atoms with van der Waals surface area (Å²) in [4.78, 5) is 10.8. The van der Waals surface area contributed by atoms with E-state index in [2.05, 4.69) is 17.2 Å². The normalized spacial score (nSPS) is 22.5. The Morgan fingerprint density at radius 3 is 2.23 bits per heavy atom. The average molecular weight is 176 g/mol. The second kappa shape index (κ2) is 2.85. The molecule has 1 rings (SSSR count). The molecule has 1 aliphatic carbocycles. The Balaban J connectivity index is 3.14. The second-order valence-corrected chi connectivity index (χ2v) is 3.85. The molecule has 1 saturated carbocycles. The second-order valence-electron chi connectivity index (χ2n) is 3.85. The fourth-order valence-electron chi connectivity index (χ4n) is 1.78. The number of hydrogen-bond donors (Lipinski definition) is 0. The summed E-state index contributed by atoms with van der Waals surface area (Å²) in [7, 11) is 0. The molecular weight excluding hydrogens is 164 g/mol. The lowest BCUT2D eigenvalue weighted by atomic mass is 9.75. The third kappa shape index (κ3) is 1.04. The van der Waals surface area contributed by atoms with Crippen molar-refractivity contribution in [2.24, 2.45) is 16.5 Å². The minimum atomic E-state index is -1.12. The molecule has 0 aromatic heterocycles. The highest BCUT2D eigenvalue weighted by atomic mass is 16.3. The van der Waals surface area contributed by atoms with Crippen molar-refractivity contribution in [3.05, 3.63) is 4.91 Å². The highest BCUT2D eigenvalue weighted by Crippen LogP contribution is 2.57. The fraction of sp³-hybridized carbons (Fsp3) is 0.700. The first-order valence-corrected chi connectivity index (χ1v) is 4.32. The van der Waals surface area contributed by atoms with Crippen LogP contribution < -0.4 is 0 Å². The van der Waals surface area contributed by atoms with E-state index < -0.39 is 11.0 Å². The summed E-state index contributed by atoms with van der Waals surface area (Å²) in [5.41, 5.74) is -1.81. The summed E-state index contributed by atoms with van der Waals surface area (Å²) >= 11 is 0. The summed E-state index contributed by atoms with van der Waals surface area (Å²) in [5, 5.41) is 12.0. The van der Waals surface area contributed by atoms with Gasteiger partial charge in [-0.05, 0) is 23.9 Å². The number of nitrogens with zero attached hydrogens (tertiary/aromatic N) is 2. The molecule has 0 amide bonds. The molecule has 3 nitrogen and oxygen atoms in total. The van der Waals surface area contributed by atoms with Crippen molar-refractivity contribution < 1.29 is 0 Å². The summed E-state index contributed by atoms with van der Waals surface area (Å²) in [6.45, 7) is 3.66. The number of rotatable bonds is 3. The van der Waals surface area contributed by atoms with Gasteiger partial charge in [0, 0.05) is 0 Å². The van der Waals surface area contributed by atoms with E-state index in [1.165, 1.54) is 0 Å². The van der Waals surface area contributed by atoms with Gasteiger partial charge in [-0.2, -0.15) is 5.26 Å². The lowest BCUT2D eigenvalue weighted by Gasteiger charge is -2.28. The first kappa shape index (κ1) is 9.74. The molecule has 1 unspecified atom stereocenters. The van der Waals surface area contributed by atoms with Crippen molar-refractivity contribution in [3.8, 4) is 18.4 Å². The van der Waals surface area contributed by atoms with Crippen LogP contribution in [0.5, 0.6) is 0 Å². The standard InChI is InChI=1S/C10H12N2O/c1-4-10(12-13,8(2)3)9(7-11)5-6-9/h1,8H,5-6H2,2-3H3. The molecule has 0 N–H and O–H groups in total. The molecule has 0 heterocycles. The predicted octanol–water partition coefficient (Wildman–Crippen LogP) is 2.08. The third-order valence-electron chi connectivity index (χ3n) is 2.89. The molecule has 1 fully saturated rings. The van der Waals surface area contributed by atoms with Crippen LogP contribution in [0.2, 0.25) is 0 Å². The number of nitroso groups, excluding NO2 is 1. The Morgan fingerprint density at radius 1 is 1.62 bits per heavy atom. The SMILES string of the molecule is C#CC(N=O)(C(C)C)C1(C#N)CC1.